The molecule has 0 saturated carbocycles. The largest absolute Gasteiger partial charge is 0.383 e. The molecule has 1 amide bonds. The number of carbonyl (C=O) groups is 1. The van der Waals surface area contributed by atoms with Gasteiger partial charge in [0.05, 0.1) is 0 Å². The van der Waals surface area contributed by atoms with Crippen molar-refractivity contribution >= 4 is 5.91 Å². The topological polar surface area (TPSA) is 20.3 Å². The van der Waals surface area contributed by atoms with E-state index in [1.807, 2.05) is 0 Å². The number of amides is 1. The molecule has 0 N–H and O–H groups in total. The Morgan fingerprint density at radius 3 is 1.87 bits per heavy atom. The SMILES string of the molecule is CC(C)C(C)N(C)C(=O)C(F)(F)C(F)F. The van der Waals surface area contributed by atoms with Crippen molar-refractivity contribution < 1.29 is 22.4 Å². The molecule has 0 aromatic rings. The van der Waals surface area contributed by atoms with Gasteiger partial charge in [0.1, 0.15) is 0 Å². The molecule has 0 aliphatic rings. The van der Waals surface area contributed by atoms with Crippen LogP contribution in [0.15, 0.2) is 0 Å². The Hall–Kier alpha value is -0.810. The Labute approximate surface area is 86.2 Å². The van der Waals surface area contributed by atoms with E-state index < -0.39 is 24.3 Å². The predicted molar refractivity (Wildman–Crippen MR) is 48.0 cm³/mol. The van der Waals surface area contributed by atoms with Crippen molar-refractivity contribution in [1.82, 2.24) is 4.90 Å². The standard InChI is InChI=1S/C9H15F4NO/c1-5(2)6(3)14(4)8(15)9(12,13)7(10)11/h5-7H,1-4H3. The summed E-state index contributed by atoms with van der Waals surface area (Å²) in [4.78, 5) is 11.7. The van der Waals surface area contributed by atoms with Crippen LogP contribution in [-0.2, 0) is 4.79 Å². The summed E-state index contributed by atoms with van der Waals surface area (Å²) in [6.45, 7) is 4.97. The van der Waals surface area contributed by atoms with E-state index in [9.17, 15) is 22.4 Å². The van der Waals surface area contributed by atoms with E-state index in [2.05, 4.69) is 0 Å². The maximum Gasteiger partial charge on any atom is 0.383 e. The number of carbonyl (C=O) groups excluding carboxylic acids is 1. The molecule has 0 aliphatic carbocycles. The molecular weight excluding hydrogens is 214 g/mol. The summed E-state index contributed by atoms with van der Waals surface area (Å²) in [6, 6.07) is -0.512. The summed E-state index contributed by atoms with van der Waals surface area (Å²) in [7, 11) is 1.10. The first kappa shape index (κ1) is 14.2. The third-order valence-corrected chi connectivity index (χ3v) is 2.46. The first-order valence-electron chi connectivity index (χ1n) is 4.55. The molecule has 0 aliphatic heterocycles. The average Bonchev–Trinajstić information content (AvgIpc) is 2.13. The molecule has 1 unspecified atom stereocenters. The van der Waals surface area contributed by atoms with Crippen molar-refractivity contribution in [3.05, 3.63) is 0 Å². The van der Waals surface area contributed by atoms with Crippen molar-refractivity contribution in [3.63, 3.8) is 0 Å². The third kappa shape index (κ3) is 3.07. The maximum atomic E-state index is 12.7. The van der Waals surface area contributed by atoms with Crippen molar-refractivity contribution in [3.8, 4) is 0 Å². The quantitative estimate of drug-likeness (QED) is 0.678. The van der Waals surface area contributed by atoms with Gasteiger partial charge in [0.25, 0.3) is 5.91 Å². The van der Waals surface area contributed by atoms with Gasteiger partial charge in [-0.05, 0) is 12.8 Å². The summed E-state index contributed by atoms with van der Waals surface area (Å²) >= 11 is 0. The lowest BCUT2D eigenvalue weighted by Crippen LogP contribution is -2.50. The lowest BCUT2D eigenvalue weighted by molar-refractivity contribution is -0.181. The molecule has 0 spiro atoms. The van der Waals surface area contributed by atoms with E-state index in [1.165, 1.54) is 6.92 Å². The van der Waals surface area contributed by atoms with E-state index in [0.29, 0.717) is 4.90 Å². The van der Waals surface area contributed by atoms with Crippen molar-refractivity contribution in [2.45, 2.75) is 39.2 Å². The molecule has 90 valence electrons. The minimum absolute atomic E-state index is 0.0765. The Balaban J connectivity index is 4.72. The van der Waals surface area contributed by atoms with Crippen LogP contribution in [0.4, 0.5) is 17.6 Å². The summed E-state index contributed by atoms with van der Waals surface area (Å²) in [5.74, 6) is -6.51. The van der Waals surface area contributed by atoms with E-state index in [-0.39, 0.29) is 5.92 Å². The van der Waals surface area contributed by atoms with Gasteiger partial charge in [-0.1, -0.05) is 13.8 Å². The molecule has 6 heteroatoms. The molecule has 0 rings (SSSR count). The molecule has 0 fully saturated rings. The average molecular weight is 229 g/mol. The van der Waals surface area contributed by atoms with Crippen LogP contribution in [0.2, 0.25) is 0 Å². The highest BCUT2D eigenvalue weighted by molar-refractivity contribution is 5.84. The van der Waals surface area contributed by atoms with Gasteiger partial charge >= 0.3 is 12.3 Å². The molecule has 0 aromatic heterocycles. The van der Waals surface area contributed by atoms with Crippen LogP contribution in [0.3, 0.4) is 0 Å². The van der Waals surface area contributed by atoms with Crippen LogP contribution >= 0.6 is 0 Å². The van der Waals surface area contributed by atoms with Crippen molar-refractivity contribution in [1.29, 1.82) is 0 Å². The molecule has 2 nitrogen and oxygen atoms in total. The lowest BCUT2D eigenvalue weighted by Gasteiger charge is -2.30. The normalized spacial score (nSPS) is 14.5. The zero-order valence-corrected chi connectivity index (χ0v) is 9.10. The van der Waals surface area contributed by atoms with Crippen LogP contribution in [-0.4, -0.2) is 36.2 Å². The second kappa shape index (κ2) is 4.81. The van der Waals surface area contributed by atoms with Gasteiger partial charge < -0.3 is 4.90 Å². The predicted octanol–water partition coefficient (Wildman–Crippen LogP) is 2.39. The molecule has 0 aromatic carbocycles. The highest BCUT2D eigenvalue weighted by Crippen LogP contribution is 2.26. The van der Waals surface area contributed by atoms with E-state index in [4.69, 9.17) is 0 Å². The number of alkyl halides is 4. The summed E-state index contributed by atoms with van der Waals surface area (Å²) in [5.41, 5.74) is 0. The Morgan fingerprint density at radius 1 is 1.20 bits per heavy atom. The minimum Gasteiger partial charge on any atom is -0.337 e. The first-order valence-corrected chi connectivity index (χ1v) is 4.55. The number of nitrogens with zero attached hydrogens (tertiary/aromatic N) is 1. The zero-order valence-electron chi connectivity index (χ0n) is 9.10. The highest BCUT2D eigenvalue weighted by atomic mass is 19.3. The molecular formula is C9H15F4NO. The van der Waals surface area contributed by atoms with Crippen LogP contribution in [0.25, 0.3) is 0 Å². The number of hydrogen-bond acceptors (Lipinski definition) is 1. The smallest absolute Gasteiger partial charge is 0.337 e. The third-order valence-electron chi connectivity index (χ3n) is 2.46. The Bertz CT molecular complexity index is 230. The molecule has 0 bridgehead atoms. The molecule has 1 atom stereocenters. The van der Waals surface area contributed by atoms with Gasteiger partial charge in [0, 0.05) is 13.1 Å². The van der Waals surface area contributed by atoms with Gasteiger partial charge in [-0.25, -0.2) is 8.78 Å². The number of halogens is 4. The van der Waals surface area contributed by atoms with Crippen molar-refractivity contribution in [2.75, 3.05) is 7.05 Å². The summed E-state index contributed by atoms with van der Waals surface area (Å²) in [5, 5.41) is 0. The van der Waals surface area contributed by atoms with Crippen LogP contribution in [0, 0.1) is 5.92 Å². The Morgan fingerprint density at radius 2 is 1.60 bits per heavy atom. The van der Waals surface area contributed by atoms with Gasteiger partial charge in [0.15, 0.2) is 0 Å². The molecule has 0 heterocycles. The van der Waals surface area contributed by atoms with E-state index in [1.54, 1.807) is 13.8 Å². The fourth-order valence-corrected chi connectivity index (χ4v) is 0.961. The number of hydrogen-bond donors (Lipinski definition) is 0. The van der Waals surface area contributed by atoms with Crippen molar-refractivity contribution in [2.24, 2.45) is 5.92 Å². The maximum absolute atomic E-state index is 12.7. The zero-order chi connectivity index (χ0) is 12.4. The fourth-order valence-electron chi connectivity index (χ4n) is 0.961. The summed E-state index contributed by atoms with van der Waals surface area (Å²) in [6.07, 6.45) is -3.97. The second-order valence-electron chi connectivity index (χ2n) is 3.82. The van der Waals surface area contributed by atoms with Gasteiger partial charge in [-0.2, -0.15) is 8.78 Å². The van der Waals surface area contributed by atoms with Gasteiger partial charge in [0.2, 0.25) is 0 Å². The molecule has 0 saturated heterocycles. The monoisotopic (exact) mass is 229 g/mol. The molecule has 15 heavy (non-hydrogen) atoms. The minimum atomic E-state index is -4.60. The van der Waals surface area contributed by atoms with E-state index >= 15 is 0 Å². The van der Waals surface area contributed by atoms with Gasteiger partial charge in [-0.3, -0.25) is 4.79 Å². The summed E-state index contributed by atoms with van der Waals surface area (Å²) < 4.78 is 49.1. The second-order valence-corrected chi connectivity index (χ2v) is 3.82. The Kier molecular flexibility index (Phi) is 4.55. The number of rotatable bonds is 4. The van der Waals surface area contributed by atoms with Crippen LogP contribution < -0.4 is 0 Å². The van der Waals surface area contributed by atoms with Crippen LogP contribution in [0.5, 0.6) is 0 Å². The highest BCUT2D eigenvalue weighted by Gasteiger charge is 2.51. The fraction of sp³-hybridized carbons (Fsp3) is 0.889. The van der Waals surface area contributed by atoms with Gasteiger partial charge in [-0.15, -0.1) is 0 Å². The van der Waals surface area contributed by atoms with E-state index in [0.717, 1.165) is 7.05 Å². The first-order chi connectivity index (χ1) is 6.62. The lowest BCUT2D eigenvalue weighted by atomic mass is 10.0. The van der Waals surface area contributed by atoms with Crippen LogP contribution in [0.1, 0.15) is 20.8 Å². The molecule has 0 radical (unpaired) electrons.